The molecule has 0 bridgehead atoms. The second-order valence-corrected chi connectivity index (χ2v) is 10.7. The van der Waals surface area contributed by atoms with Gasteiger partial charge in [-0.3, -0.25) is 0 Å². The third kappa shape index (κ3) is 5.27. The molecule has 0 unspecified atom stereocenters. The molecular formula is C34H20N8O4Pt2. The van der Waals surface area contributed by atoms with Gasteiger partial charge in [0.2, 0.25) is 0 Å². The first-order valence-electron chi connectivity index (χ1n) is 14.1. The van der Waals surface area contributed by atoms with Gasteiger partial charge in [-0.25, -0.2) is 9.97 Å². The Morgan fingerprint density at radius 3 is 1.42 bits per heavy atom. The zero-order valence-corrected chi connectivity index (χ0v) is 29.5. The zero-order valence-electron chi connectivity index (χ0n) is 24.9. The number of rotatable bonds is 4. The average molecular weight is 995 g/mol. The molecule has 0 amide bonds. The van der Waals surface area contributed by atoms with Crippen molar-refractivity contribution in [3.63, 3.8) is 0 Å². The van der Waals surface area contributed by atoms with Gasteiger partial charge in [0.15, 0.2) is 0 Å². The first-order valence-corrected chi connectivity index (χ1v) is 14.1. The normalized spacial score (nSPS) is 11.2. The predicted octanol–water partition coefficient (Wildman–Crippen LogP) is 6.73. The Balaban J connectivity index is 0.000000146. The monoisotopic (exact) mass is 994 g/mol. The first kappa shape index (κ1) is 31.4. The fourth-order valence-electron chi connectivity index (χ4n) is 5.45. The molecule has 10 aromatic rings. The van der Waals surface area contributed by atoms with Crippen LogP contribution in [0.1, 0.15) is 0 Å². The van der Waals surface area contributed by atoms with Crippen molar-refractivity contribution in [2.24, 2.45) is 14.1 Å². The fraction of sp³-hybridized carbons (Fsp3) is 0.0588. The number of aryl methyl sites for hydroxylation is 2. The van der Waals surface area contributed by atoms with Crippen LogP contribution in [0, 0.1) is 24.8 Å². The van der Waals surface area contributed by atoms with Crippen LogP contribution >= 0.6 is 0 Å². The average Bonchev–Trinajstić information content (AvgIpc) is 3.89. The molecule has 0 N–H and O–H groups in total. The minimum atomic E-state index is 0. The van der Waals surface area contributed by atoms with E-state index in [9.17, 15) is 0 Å². The molecule has 48 heavy (non-hydrogen) atoms. The van der Waals surface area contributed by atoms with Crippen molar-refractivity contribution in [3.05, 3.63) is 112 Å². The van der Waals surface area contributed by atoms with E-state index in [1.165, 1.54) is 0 Å². The summed E-state index contributed by atoms with van der Waals surface area (Å²) in [5.74, 6) is 1.40. The summed E-state index contributed by atoms with van der Waals surface area (Å²) >= 11 is 0. The van der Waals surface area contributed by atoms with Crippen LogP contribution in [-0.2, 0) is 56.2 Å². The van der Waals surface area contributed by atoms with Gasteiger partial charge in [0.05, 0.1) is 71.8 Å². The Labute approximate surface area is 300 Å². The summed E-state index contributed by atoms with van der Waals surface area (Å²) in [5, 5.41) is 5.30. The van der Waals surface area contributed by atoms with Gasteiger partial charge in [-0.1, -0.05) is 58.5 Å². The second kappa shape index (κ2) is 12.4. The summed E-state index contributed by atoms with van der Waals surface area (Å²) < 4.78 is 30.0. The molecule has 10 rings (SSSR count). The number of benzene rings is 2. The van der Waals surface area contributed by atoms with Gasteiger partial charge in [0.1, 0.15) is 0 Å². The van der Waals surface area contributed by atoms with E-state index < -0.39 is 0 Å². The molecule has 14 heteroatoms. The Kier molecular flexibility index (Phi) is 8.15. The van der Waals surface area contributed by atoms with E-state index in [1.54, 1.807) is 59.2 Å². The van der Waals surface area contributed by atoms with Crippen molar-refractivity contribution in [1.82, 2.24) is 38.2 Å². The second-order valence-electron chi connectivity index (χ2n) is 10.7. The van der Waals surface area contributed by atoms with Gasteiger partial charge in [0, 0.05) is 50.5 Å². The summed E-state index contributed by atoms with van der Waals surface area (Å²) in [5.41, 5.74) is 4.71. The predicted molar refractivity (Wildman–Crippen MR) is 166 cm³/mol. The molecular weight excluding hydrogens is 975 g/mol. The smallest absolute Gasteiger partial charge is 0.506 e. The largest absolute Gasteiger partial charge is 2.00 e. The molecule has 12 nitrogen and oxygen atoms in total. The van der Waals surface area contributed by atoms with Crippen LogP contribution in [0.2, 0.25) is 0 Å². The number of hydrogen-bond donors (Lipinski definition) is 0. The molecule has 2 aromatic carbocycles. The van der Waals surface area contributed by atoms with Crippen LogP contribution < -0.4 is 0 Å². The van der Waals surface area contributed by atoms with Crippen molar-refractivity contribution < 1.29 is 59.8 Å². The molecule has 0 saturated heterocycles. The summed E-state index contributed by atoms with van der Waals surface area (Å²) in [6, 6.07) is 10.7. The summed E-state index contributed by atoms with van der Waals surface area (Å²) in [7, 11) is 3.85. The number of aromatic nitrogens is 8. The molecule has 240 valence electrons. The van der Waals surface area contributed by atoms with Crippen LogP contribution in [0.5, 0.6) is 0 Å². The maximum atomic E-state index is 5.71. The Morgan fingerprint density at radius 2 is 1.04 bits per heavy atom. The van der Waals surface area contributed by atoms with Crippen LogP contribution in [0.4, 0.5) is 0 Å². The van der Waals surface area contributed by atoms with E-state index in [0.717, 1.165) is 66.2 Å². The number of imidazole rings is 4. The van der Waals surface area contributed by atoms with Crippen molar-refractivity contribution >= 4 is 43.5 Å². The van der Waals surface area contributed by atoms with E-state index >= 15 is 0 Å². The van der Waals surface area contributed by atoms with E-state index in [2.05, 4.69) is 44.7 Å². The molecule has 0 saturated carbocycles. The summed E-state index contributed by atoms with van der Waals surface area (Å²) in [6.45, 7) is 0. The van der Waals surface area contributed by atoms with E-state index in [-0.39, 0.29) is 42.1 Å². The minimum absolute atomic E-state index is 0. The Hall–Kier alpha value is -5.18. The minimum Gasteiger partial charge on any atom is -0.506 e. The van der Waals surface area contributed by atoms with E-state index in [4.69, 9.17) is 17.7 Å². The molecule has 0 aliphatic carbocycles. The molecule has 0 fully saturated rings. The third-order valence-electron chi connectivity index (χ3n) is 7.62. The standard InChI is InChI=1S/2C17H10N4O2.2Pt/c2*1-20-6-14(19-10-20)17-12-5-13-15(21-3-2-18-9-21)8-22-16(13)4-11(12)7-23-17;;/h2*2-4,6-8,10H,1H3;;/q2*-2;2*+2. The molecule has 0 aliphatic heterocycles. The number of fused-ring (bicyclic) bond motifs is 4. The quantitative estimate of drug-likeness (QED) is 0.178. The third-order valence-corrected chi connectivity index (χ3v) is 7.62. The van der Waals surface area contributed by atoms with Gasteiger partial charge < -0.3 is 45.9 Å². The molecule has 0 radical (unpaired) electrons. The summed E-state index contributed by atoms with van der Waals surface area (Å²) in [6.07, 6.45) is 26.8. The number of furan rings is 4. The van der Waals surface area contributed by atoms with Crippen LogP contribution in [0.25, 0.3) is 77.8 Å². The van der Waals surface area contributed by atoms with Crippen LogP contribution in [0.3, 0.4) is 0 Å². The molecule has 0 aliphatic rings. The Morgan fingerprint density at radius 1 is 0.583 bits per heavy atom. The maximum Gasteiger partial charge on any atom is 2.00 e. The molecule has 0 spiro atoms. The molecule has 0 atom stereocenters. The van der Waals surface area contributed by atoms with Gasteiger partial charge in [-0.15, -0.1) is 12.1 Å². The van der Waals surface area contributed by atoms with E-state index in [0.29, 0.717) is 11.5 Å². The molecule has 8 aromatic heterocycles. The number of hydrogen-bond acceptors (Lipinski definition) is 8. The Bertz CT molecular complexity index is 2450. The van der Waals surface area contributed by atoms with Gasteiger partial charge in [0.25, 0.3) is 0 Å². The SMILES string of the molecule is Cn1cnc(-c2occ3cc4occ(-n5[c-]ncc5)c4[c-]c23)c1.Cn1cnc(-c2occ3cc4occ(-n5[c-]ncc5)c4[c-]c23)c1.[Pt+2].[Pt+2]. The van der Waals surface area contributed by atoms with Gasteiger partial charge in [-0.2, -0.15) is 0 Å². The van der Waals surface area contributed by atoms with Crippen LogP contribution in [-0.4, -0.2) is 38.2 Å². The topological polar surface area (TPSA) is 124 Å². The van der Waals surface area contributed by atoms with E-state index in [1.807, 2.05) is 60.1 Å². The summed E-state index contributed by atoms with van der Waals surface area (Å²) in [4.78, 5) is 16.6. The van der Waals surface area contributed by atoms with Crippen molar-refractivity contribution in [1.29, 1.82) is 0 Å². The van der Waals surface area contributed by atoms with Gasteiger partial charge in [-0.05, 0) is 10.8 Å². The first-order chi connectivity index (χ1) is 22.6. The van der Waals surface area contributed by atoms with Gasteiger partial charge >= 0.3 is 42.1 Å². The number of nitrogens with zero attached hydrogens (tertiary/aromatic N) is 8. The maximum absolute atomic E-state index is 5.71. The fourth-order valence-corrected chi connectivity index (χ4v) is 5.45. The molecule has 8 heterocycles. The van der Waals surface area contributed by atoms with Crippen molar-refractivity contribution in [2.45, 2.75) is 0 Å². The van der Waals surface area contributed by atoms with Crippen molar-refractivity contribution in [2.75, 3.05) is 0 Å². The van der Waals surface area contributed by atoms with Crippen molar-refractivity contribution in [3.8, 4) is 34.3 Å². The van der Waals surface area contributed by atoms with Crippen LogP contribution in [0.15, 0.2) is 105 Å². The zero-order chi connectivity index (χ0) is 30.8.